The molecule has 0 spiro atoms. The average Bonchev–Trinajstić information content (AvgIpc) is 3.11. The molecular weight excluding hydrogens is 335 g/mol. The van der Waals surface area contributed by atoms with E-state index in [9.17, 15) is 9.18 Å². The second kappa shape index (κ2) is 6.59. The van der Waals surface area contributed by atoms with Crippen LogP contribution in [0.2, 0.25) is 0 Å². The number of pyridine rings is 1. The summed E-state index contributed by atoms with van der Waals surface area (Å²) >= 11 is 0. The predicted octanol–water partition coefficient (Wildman–Crippen LogP) is 2.75. The van der Waals surface area contributed by atoms with E-state index in [-0.39, 0.29) is 11.7 Å². The molecular formula is C19H17FN4O2. The van der Waals surface area contributed by atoms with Gasteiger partial charge in [0.05, 0.1) is 37.8 Å². The fourth-order valence-corrected chi connectivity index (χ4v) is 3.03. The second-order valence-corrected chi connectivity index (χ2v) is 6.06. The van der Waals surface area contributed by atoms with E-state index in [1.54, 1.807) is 36.3 Å². The van der Waals surface area contributed by atoms with Gasteiger partial charge in [0.1, 0.15) is 17.3 Å². The van der Waals surface area contributed by atoms with Gasteiger partial charge in [-0.05, 0) is 36.4 Å². The van der Waals surface area contributed by atoms with Gasteiger partial charge in [-0.1, -0.05) is 6.07 Å². The minimum absolute atomic E-state index is 0.0437. The number of hydrogen-bond acceptors (Lipinski definition) is 4. The number of halogens is 1. The zero-order valence-electron chi connectivity index (χ0n) is 14.2. The summed E-state index contributed by atoms with van der Waals surface area (Å²) in [6.07, 6.45) is 1.17. The Morgan fingerprint density at radius 2 is 2.04 bits per heavy atom. The molecule has 1 aliphatic rings. The summed E-state index contributed by atoms with van der Waals surface area (Å²) in [6.45, 7) is 1.64. The first-order valence-corrected chi connectivity index (χ1v) is 8.26. The second-order valence-electron chi connectivity index (χ2n) is 6.06. The molecule has 6 nitrogen and oxygen atoms in total. The first kappa shape index (κ1) is 16.3. The molecule has 1 aliphatic heterocycles. The van der Waals surface area contributed by atoms with Crippen molar-refractivity contribution in [3.8, 4) is 17.1 Å². The largest absolute Gasteiger partial charge is 0.497 e. The molecule has 0 aliphatic carbocycles. The van der Waals surface area contributed by atoms with Crippen molar-refractivity contribution >= 4 is 5.91 Å². The van der Waals surface area contributed by atoms with Gasteiger partial charge in [0, 0.05) is 12.1 Å². The molecule has 1 amide bonds. The Morgan fingerprint density at radius 1 is 1.15 bits per heavy atom. The summed E-state index contributed by atoms with van der Waals surface area (Å²) in [7, 11) is 1.58. The number of ether oxygens (including phenoxy) is 1. The Morgan fingerprint density at radius 3 is 2.81 bits per heavy atom. The first-order chi connectivity index (χ1) is 12.6. The van der Waals surface area contributed by atoms with Crippen molar-refractivity contribution < 1.29 is 13.9 Å². The third-order valence-corrected chi connectivity index (χ3v) is 4.39. The highest BCUT2D eigenvalue weighted by Crippen LogP contribution is 2.22. The Balaban J connectivity index is 1.56. The molecule has 132 valence electrons. The number of rotatable bonds is 3. The molecule has 7 heteroatoms. The Bertz CT molecular complexity index is 952. The van der Waals surface area contributed by atoms with Gasteiger partial charge in [-0.15, -0.1) is 0 Å². The van der Waals surface area contributed by atoms with Gasteiger partial charge >= 0.3 is 0 Å². The molecule has 3 aromatic rings. The Labute approximate surface area is 149 Å². The highest BCUT2D eigenvalue weighted by atomic mass is 19.1. The molecule has 26 heavy (non-hydrogen) atoms. The van der Waals surface area contributed by atoms with E-state index in [4.69, 9.17) is 4.74 Å². The lowest BCUT2D eigenvalue weighted by atomic mass is 10.1. The van der Waals surface area contributed by atoms with E-state index in [2.05, 4.69) is 10.1 Å². The quantitative estimate of drug-likeness (QED) is 0.727. The molecule has 4 rings (SSSR count). The monoisotopic (exact) mass is 352 g/mol. The van der Waals surface area contributed by atoms with Crippen LogP contribution in [0.4, 0.5) is 4.39 Å². The van der Waals surface area contributed by atoms with Crippen LogP contribution in [0.25, 0.3) is 11.4 Å². The SMILES string of the molecule is COc1cccc(C(=O)N2CCn3nc(-c4ccc(F)cn4)cc3C2)c1. The molecule has 0 saturated carbocycles. The lowest BCUT2D eigenvalue weighted by Crippen LogP contribution is -2.38. The standard InChI is InChI=1S/C19H17FN4O2/c1-26-16-4-2-3-13(9-16)19(25)23-7-8-24-15(12-23)10-18(22-24)17-6-5-14(20)11-21-17/h2-6,9-11H,7-8,12H2,1H3. The van der Waals surface area contributed by atoms with Gasteiger partial charge in [-0.2, -0.15) is 5.10 Å². The first-order valence-electron chi connectivity index (χ1n) is 8.26. The molecule has 3 heterocycles. The van der Waals surface area contributed by atoms with Gasteiger partial charge in [-0.25, -0.2) is 4.39 Å². The number of benzene rings is 1. The van der Waals surface area contributed by atoms with Crippen LogP contribution >= 0.6 is 0 Å². The van der Waals surface area contributed by atoms with Gasteiger partial charge in [-0.3, -0.25) is 14.5 Å². The van der Waals surface area contributed by atoms with Crippen molar-refractivity contribution in [2.24, 2.45) is 0 Å². The van der Waals surface area contributed by atoms with Gasteiger partial charge in [0.15, 0.2) is 0 Å². The molecule has 0 bridgehead atoms. The molecule has 0 saturated heterocycles. The molecule has 0 fully saturated rings. The highest BCUT2D eigenvalue weighted by Gasteiger charge is 2.24. The van der Waals surface area contributed by atoms with Crippen LogP contribution in [0.1, 0.15) is 16.1 Å². The minimum atomic E-state index is -0.382. The van der Waals surface area contributed by atoms with Crippen LogP contribution in [-0.4, -0.2) is 39.2 Å². The third kappa shape index (κ3) is 3.03. The van der Waals surface area contributed by atoms with E-state index in [1.165, 1.54) is 12.3 Å². The van der Waals surface area contributed by atoms with Crippen molar-refractivity contribution in [2.75, 3.05) is 13.7 Å². The number of amides is 1. The molecule has 2 aromatic heterocycles. The zero-order valence-corrected chi connectivity index (χ0v) is 14.2. The van der Waals surface area contributed by atoms with Gasteiger partial charge in [0.25, 0.3) is 5.91 Å². The topological polar surface area (TPSA) is 60.2 Å². The van der Waals surface area contributed by atoms with Crippen molar-refractivity contribution in [3.63, 3.8) is 0 Å². The normalized spacial score (nSPS) is 13.4. The molecule has 0 N–H and O–H groups in total. The highest BCUT2D eigenvalue weighted by molar-refractivity contribution is 5.94. The van der Waals surface area contributed by atoms with Crippen molar-refractivity contribution in [1.29, 1.82) is 0 Å². The average molecular weight is 352 g/mol. The fourth-order valence-electron chi connectivity index (χ4n) is 3.03. The summed E-state index contributed by atoms with van der Waals surface area (Å²) < 4.78 is 20.1. The van der Waals surface area contributed by atoms with Crippen molar-refractivity contribution in [3.05, 3.63) is 65.7 Å². The number of fused-ring (bicyclic) bond motifs is 1. The maximum Gasteiger partial charge on any atom is 0.254 e. The maximum absolute atomic E-state index is 13.0. The van der Waals surface area contributed by atoms with Crippen LogP contribution in [0.3, 0.4) is 0 Å². The van der Waals surface area contributed by atoms with Crippen LogP contribution in [0, 0.1) is 5.82 Å². The number of methoxy groups -OCH3 is 1. The number of carbonyl (C=O) groups excluding carboxylic acids is 1. The minimum Gasteiger partial charge on any atom is -0.497 e. The van der Waals surface area contributed by atoms with Crippen LogP contribution in [0.15, 0.2) is 48.7 Å². The fraction of sp³-hybridized carbons (Fsp3) is 0.211. The number of hydrogen-bond donors (Lipinski definition) is 0. The van der Waals surface area contributed by atoms with Crippen LogP contribution < -0.4 is 4.74 Å². The lowest BCUT2D eigenvalue weighted by Gasteiger charge is -2.27. The lowest BCUT2D eigenvalue weighted by molar-refractivity contribution is 0.0706. The summed E-state index contributed by atoms with van der Waals surface area (Å²) in [4.78, 5) is 18.6. The van der Waals surface area contributed by atoms with E-state index >= 15 is 0 Å². The Hall–Kier alpha value is -3.22. The maximum atomic E-state index is 13.0. The van der Waals surface area contributed by atoms with Crippen molar-refractivity contribution in [2.45, 2.75) is 13.1 Å². The smallest absolute Gasteiger partial charge is 0.254 e. The summed E-state index contributed by atoms with van der Waals surface area (Å²) in [6, 6.07) is 12.0. The number of aromatic nitrogens is 3. The van der Waals surface area contributed by atoms with Gasteiger partial charge < -0.3 is 9.64 Å². The van der Waals surface area contributed by atoms with E-state index in [1.807, 2.05) is 16.8 Å². The molecule has 0 radical (unpaired) electrons. The summed E-state index contributed by atoms with van der Waals surface area (Å²) in [5.74, 6) is 0.230. The third-order valence-electron chi connectivity index (χ3n) is 4.39. The number of carbonyl (C=O) groups is 1. The Kier molecular flexibility index (Phi) is 4.12. The predicted molar refractivity (Wildman–Crippen MR) is 93.2 cm³/mol. The zero-order chi connectivity index (χ0) is 18.1. The van der Waals surface area contributed by atoms with Crippen molar-refractivity contribution in [1.82, 2.24) is 19.7 Å². The van der Waals surface area contributed by atoms with E-state index in [0.717, 1.165) is 5.69 Å². The van der Waals surface area contributed by atoms with E-state index < -0.39 is 0 Å². The van der Waals surface area contributed by atoms with Crippen LogP contribution in [0.5, 0.6) is 5.75 Å². The summed E-state index contributed by atoms with van der Waals surface area (Å²) in [5.41, 5.74) is 2.81. The van der Waals surface area contributed by atoms with Gasteiger partial charge in [0.2, 0.25) is 0 Å². The summed E-state index contributed by atoms with van der Waals surface area (Å²) in [5, 5.41) is 4.52. The molecule has 0 unspecified atom stereocenters. The van der Waals surface area contributed by atoms with Crippen LogP contribution in [-0.2, 0) is 13.1 Å². The molecule has 1 aromatic carbocycles. The number of nitrogens with zero attached hydrogens (tertiary/aromatic N) is 4. The van der Waals surface area contributed by atoms with E-state index in [0.29, 0.717) is 42.3 Å². The molecule has 0 atom stereocenters.